The highest BCUT2D eigenvalue weighted by molar-refractivity contribution is 7.87. The van der Waals surface area contributed by atoms with E-state index < -0.39 is 10.2 Å². The van der Waals surface area contributed by atoms with Crippen molar-refractivity contribution in [1.82, 2.24) is 9.03 Å². The highest BCUT2D eigenvalue weighted by atomic mass is 32.2. The Bertz CT molecular complexity index is 425. The fraction of sp³-hybridized carbons (Fsp3) is 1.00. The lowest BCUT2D eigenvalue weighted by molar-refractivity contribution is 0.217. The van der Waals surface area contributed by atoms with Gasteiger partial charge in [0.05, 0.1) is 0 Å². The summed E-state index contributed by atoms with van der Waals surface area (Å²) in [5.74, 6) is 1.29. The van der Waals surface area contributed by atoms with Crippen LogP contribution in [0.15, 0.2) is 0 Å². The lowest BCUT2D eigenvalue weighted by Gasteiger charge is -2.37. The number of piperidine rings is 1. The number of nitrogens with two attached hydrogens (primary N) is 1. The van der Waals surface area contributed by atoms with E-state index >= 15 is 0 Å². The topological polar surface area (TPSA) is 75.4 Å². The van der Waals surface area contributed by atoms with Gasteiger partial charge in [0, 0.05) is 19.1 Å². The normalized spacial score (nSPS) is 32.5. The van der Waals surface area contributed by atoms with Crippen LogP contribution in [0.1, 0.15) is 52.4 Å². The van der Waals surface area contributed by atoms with Crippen LogP contribution < -0.4 is 10.5 Å². The van der Waals surface area contributed by atoms with Crippen molar-refractivity contribution >= 4 is 10.2 Å². The molecule has 1 saturated carbocycles. The molecule has 0 aromatic rings. The maximum atomic E-state index is 12.7. The maximum absolute atomic E-state index is 12.7. The molecule has 0 bridgehead atoms. The highest BCUT2D eigenvalue weighted by Gasteiger charge is 2.34. The van der Waals surface area contributed by atoms with Gasteiger partial charge in [0.2, 0.25) is 0 Å². The van der Waals surface area contributed by atoms with Gasteiger partial charge in [0.1, 0.15) is 0 Å². The minimum absolute atomic E-state index is 0.0991. The number of hydrogen-bond donors (Lipinski definition) is 2. The van der Waals surface area contributed by atoms with Crippen LogP contribution in [0.2, 0.25) is 0 Å². The Balaban J connectivity index is 2.02. The number of nitrogens with zero attached hydrogens (tertiary/aromatic N) is 1. The van der Waals surface area contributed by atoms with Crippen LogP contribution in [0, 0.1) is 17.8 Å². The van der Waals surface area contributed by atoms with E-state index in [1.807, 2.05) is 0 Å². The van der Waals surface area contributed by atoms with Gasteiger partial charge >= 0.3 is 0 Å². The zero-order valence-corrected chi connectivity index (χ0v) is 14.2. The Kier molecular flexibility index (Phi) is 6.05. The van der Waals surface area contributed by atoms with Gasteiger partial charge in [0.15, 0.2) is 0 Å². The zero-order chi connectivity index (χ0) is 15.5. The lowest BCUT2D eigenvalue weighted by Crippen LogP contribution is -2.52. The molecule has 6 heteroatoms. The van der Waals surface area contributed by atoms with Gasteiger partial charge in [-0.3, -0.25) is 0 Å². The van der Waals surface area contributed by atoms with Crippen molar-refractivity contribution in [2.75, 3.05) is 19.6 Å². The fourth-order valence-corrected chi connectivity index (χ4v) is 5.41. The molecule has 0 aromatic heterocycles. The first-order valence-corrected chi connectivity index (χ1v) is 9.85. The molecule has 5 nitrogen and oxygen atoms in total. The lowest BCUT2D eigenvalue weighted by atomic mass is 9.78. The van der Waals surface area contributed by atoms with Gasteiger partial charge in [-0.15, -0.1) is 0 Å². The molecule has 2 rings (SSSR count). The van der Waals surface area contributed by atoms with Crippen molar-refractivity contribution < 1.29 is 8.42 Å². The summed E-state index contributed by atoms with van der Waals surface area (Å²) in [6.07, 6.45) is 6.41. The SMILES string of the molecule is CC(C)C1CCCCC1NS(=O)(=O)N1CCCC(CN)C1. The van der Waals surface area contributed by atoms with Crippen LogP contribution in [0.3, 0.4) is 0 Å². The van der Waals surface area contributed by atoms with Crippen molar-refractivity contribution in [3.63, 3.8) is 0 Å². The summed E-state index contributed by atoms with van der Waals surface area (Å²) in [4.78, 5) is 0. The molecule has 1 saturated heterocycles. The Morgan fingerprint density at radius 3 is 2.57 bits per heavy atom. The summed E-state index contributed by atoms with van der Waals surface area (Å²) in [5.41, 5.74) is 5.71. The molecular weight excluding hydrogens is 286 g/mol. The Labute approximate surface area is 129 Å². The van der Waals surface area contributed by atoms with E-state index in [9.17, 15) is 8.42 Å². The largest absolute Gasteiger partial charge is 0.330 e. The molecule has 2 aliphatic rings. The second-order valence-corrected chi connectivity index (χ2v) is 8.73. The number of nitrogens with one attached hydrogen (secondary N) is 1. The van der Waals surface area contributed by atoms with E-state index in [-0.39, 0.29) is 6.04 Å². The second kappa shape index (κ2) is 7.40. The summed E-state index contributed by atoms with van der Waals surface area (Å²) < 4.78 is 29.9. The molecule has 0 radical (unpaired) electrons. The number of rotatable bonds is 5. The molecule has 3 unspecified atom stereocenters. The van der Waals surface area contributed by atoms with Crippen molar-refractivity contribution in [3.8, 4) is 0 Å². The van der Waals surface area contributed by atoms with Gasteiger partial charge in [-0.25, -0.2) is 0 Å². The Hall–Kier alpha value is -0.170. The summed E-state index contributed by atoms with van der Waals surface area (Å²) in [5, 5.41) is 0. The minimum atomic E-state index is -3.36. The van der Waals surface area contributed by atoms with E-state index in [0.717, 1.165) is 32.1 Å². The minimum Gasteiger partial charge on any atom is -0.330 e. The zero-order valence-electron chi connectivity index (χ0n) is 13.4. The van der Waals surface area contributed by atoms with Crippen LogP contribution in [0.25, 0.3) is 0 Å². The Morgan fingerprint density at radius 2 is 1.90 bits per heavy atom. The smallest absolute Gasteiger partial charge is 0.279 e. The molecule has 1 heterocycles. The van der Waals surface area contributed by atoms with Gasteiger partial charge in [0.25, 0.3) is 10.2 Å². The van der Waals surface area contributed by atoms with Crippen molar-refractivity contribution in [2.45, 2.75) is 58.4 Å². The van der Waals surface area contributed by atoms with Crippen LogP contribution in [0.4, 0.5) is 0 Å². The average Bonchev–Trinajstić information content (AvgIpc) is 2.47. The molecule has 3 atom stereocenters. The number of hydrogen-bond acceptors (Lipinski definition) is 3. The molecule has 124 valence electrons. The summed E-state index contributed by atoms with van der Waals surface area (Å²) in [7, 11) is -3.36. The molecule has 1 aliphatic carbocycles. The fourth-order valence-electron chi connectivity index (χ4n) is 3.81. The van der Waals surface area contributed by atoms with Crippen LogP contribution in [-0.4, -0.2) is 38.4 Å². The van der Waals surface area contributed by atoms with E-state index in [2.05, 4.69) is 18.6 Å². The summed E-state index contributed by atoms with van der Waals surface area (Å²) >= 11 is 0. The quantitative estimate of drug-likeness (QED) is 0.810. The molecule has 3 N–H and O–H groups in total. The van der Waals surface area contributed by atoms with Crippen molar-refractivity contribution in [1.29, 1.82) is 0 Å². The predicted octanol–water partition coefficient (Wildman–Crippen LogP) is 1.71. The highest BCUT2D eigenvalue weighted by Crippen LogP contribution is 2.31. The molecule has 0 aromatic carbocycles. The van der Waals surface area contributed by atoms with E-state index in [4.69, 9.17) is 5.73 Å². The molecule has 1 aliphatic heterocycles. The first-order chi connectivity index (χ1) is 9.94. The predicted molar refractivity (Wildman–Crippen MR) is 86.0 cm³/mol. The molecule has 21 heavy (non-hydrogen) atoms. The van der Waals surface area contributed by atoms with Crippen molar-refractivity contribution in [3.05, 3.63) is 0 Å². The average molecular weight is 317 g/mol. The molecule has 2 fully saturated rings. The van der Waals surface area contributed by atoms with Crippen LogP contribution in [0.5, 0.6) is 0 Å². The molecular formula is C15H31N3O2S. The third-order valence-corrected chi connectivity index (χ3v) is 6.74. The third kappa shape index (κ3) is 4.41. The second-order valence-electron chi connectivity index (χ2n) is 7.02. The Morgan fingerprint density at radius 1 is 1.19 bits per heavy atom. The summed E-state index contributed by atoms with van der Waals surface area (Å²) in [6, 6.07) is 0.0991. The van der Waals surface area contributed by atoms with Gasteiger partial charge in [-0.2, -0.15) is 17.4 Å². The monoisotopic (exact) mass is 317 g/mol. The van der Waals surface area contributed by atoms with Gasteiger partial charge < -0.3 is 5.73 Å². The van der Waals surface area contributed by atoms with E-state index in [1.54, 1.807) is 4.31 Å². The van der Waals surface area contributed by atoms with Crippen LogP contribution in [-0.2, 0) is 10.2 Å². The molecule has 0 spiro atoms. The van der Waals surface area contributed by atoms with Gasteiger partial charge in [-0.1, -0.05) is 26.7 Å². The maximum Gasteiger partial charge on any atom is 0.279 e. The van der Waals surface area contributed by atoms with Crippen LogP contribution >= 0.6 is 0 Å². The van der Waals surface area contributed by atoms with Crippen molar-refractivity contribution in [2.24, 2.45) is 23.5 Å². The standard InChI is InChI=1S/C15H31N3O2S/c1-12(2)14-7-3-4-8-15(14)17-21(19,20)18-9-5-6-13(10-16)11-18/h12-15,17H,3-11,16H2,1-2H3. The first-order valence-electron chi connectivity index (χ1n) is 8.41. The van der Waals surface area contributed by atoms with E-state index in [1.165, 1.54) is 6.42 Å². The third-order valence-electron chi connectivity index (χ3n) is 5.13. The summed E-state index contributed by atoms with van der Waals surface area (Å²) in [6.45, 7) is 6.17. The van der Waals surface area contributed by atoms with Gasteiger partial charge in [-0.05, 0) is 50.0 Å². The van der Waals surface area contributed by atoms with E-state index in [0.29, 0.717) is 37.4 Å². The molecule has 0 amide bonds. The first kappa shape index (κ1) is 17.2.